The number of pyridine rings is 1. The van der Waals surface area contributed by atoms with Crippen molar-refractivity contribution in [3.63, 3.8) is 0 Å². The Bertz CT molecular complexity index is 1700. The summed E-state index contributed by atoms with van der Waals surface area (Å²) in [7, 11) is 1.65. The quantitative estimate of drug-likeness (QED) is 0.323. The van der Waals surface area contributed by atoms with Crippen LogP contribution in [-0.4, -0.2) is 54.6 Å². The monoisotopic (exact) mass is 573 g/mol. The number of benzene rings is 1. The lowest BCUT2D eigenvalue weighted by atomic mass is 9.99. The molecule has 1 aliphatic heterocycles. The number of rotatable bonds is 6. The summed E-state index contributed by atoms with van der Waals surface area (Å²) in [4.78, 5) is 41.5. The summed E-state index contributed by atoms with van der Waals surface area (Å²) in [6.45, 7) is 14.5. The zero-order valence-corrected chi connectivity index (χ0v) is 25.6. The number of nitrogens with zero attached hydrogens (tertiary/aromatic N) is 6. The van der Waals surface area contributed by atoms with Gasteiger partial charge in [0.2, 0.25) is 5.95 Å². The second kappa shape index (κ2) is 10.9. The summed E-state index contributed by atoms with van der Waals surface area (Å²) in [6.07, 6.45) is 3.69. The van der Waals surface area contributed by atoms with Crippen LogP contribution in [0.2, 0.25) is 0 Å². The van der Waals surface area contributed by atoms with Crippen LogP contribution in [0.25, 0.3) is 16.7 Å². The average Bonchev–Trinajstić information content (AvgIpc) is 3.23. The van der Waals surface area contributed by atoms with E-state index in [0.717, 1.165) is 28.2 Å². The van der Waals surface area contributed by atoms with Gasteiger partial charge in [-0.1, -0.05) is 6.07 Å². The third-order valence-electron chi connectivity index (χ3n) is 7.35. The molecule has 0 radical (unpaired) electrons. The molecule has 11 heteroatoms. The van der Waals surface area contributed by atoms with Gasteiger partial charge < -0.3 is 19.7 Å². The average molecular weight is 574 g/mol. The Kier molecular flexibility index (Phi) is 7.57. The van der Waals surface area contributed by atoms with E-state index >= 15 is 0 Å². The third-order valence-corrected chi connectivity index (χ3v) is 7.35. The smallest absolute Gasteiger partial charge is 0.410 e. The molecule has 1 amide bonds. The summed E-state index contributed by atoms with van der Waals surface area (Å²) in [6, 6.07) is 9.65. The second-order valence-electron chi connectivity index (χ2n) is 12.4. The van der Waals surface area contributed by atoms with Crippen molar-refractivity contribution in [2.24, 2.45) is 0 Å². The normalized spacial score (nSPS) is 13.9. The topological polar surface area (TPSA) is 116 Å². The number of anilines is 2. The van der Waals surface area contributed by atoms with E-state index in [4.69, 9.17) is 14.5 Å². The van der Waals surface area contributed by atoms with Crippen LogP contribution in [0, 0.1) is 0 Å². The number of nitrogens with one attached hydrogen (secondary N) is 1. The minimum Gasteiger partial charge on any atom is -0.444 e. The van der Waals surface area contributed by atoms with Gasteiger partial charge in [0.25, 0.3) is 5.56 Å². The van der Waals surface area contributed by atoms with Gasteiger partial charge in [0.05, 0.1) is 11.4 Å². The second-order valence-corrected chi connectivity index (χ2v) is 12.4. The molecular weight excluding hydrogens is 534 g/mol. The first-order chi connectivity index (χ1) is 19.8. The van der Waals surface area contributed by atoms with E-state index < -0.39 is 11.2 Å². The summed E-state index contributed by atoms with van der Waals surface area (Å²) in [5.74, 6) is 0.370. The fraction of sp³-hybridized carbons (Fsp3) is 0.452. The van der Waals surface area contributed by atoms with E-state index in [1.54, 1.807) is 29.1 Å². The van der Waals surface area contributed by atoms with Crippen LogP contribution in [0.4, 0.5) is 16.4 Å². The number of hydrogen-bond donors (Lipinski definition) is 1. The number of fused-ring (bicyclic) bond motifs is 2. The Morgan fingerprint density at radius 2 is 1.81 bits per heavy atom. The lowest BCUT2D eigenvalue weighted by molar-refractivity contribution is 0.0154. The van der Waals surface area contributed by atoms with Crippen LogP contribution in [0.3, 0.4) is 0 Å². The molecule has 0 saturated heterocycles. The first kappa shape index (κ1) is 29.2. The van der Waals surface area contributed by atoms with E-state index in [0.29, 0.717) is 36.5 Å². The molecule has 0 aliphatic carbocycles. The molecule has 5 rings (SSSR count). The Morgan fingerprint density at radius 3 is 2.50 bits per heavy atom. The number of carbonyl (C=O) groups excluding carboxylic acids is 1. The number of hydrogen-bond acceptors (Lipinski definition) is 8. The molecule has 1 aromatic carbocycles. The summed E-state index contributed by atoms with van der Waals surface area (Å²) in [5.41, 5.74) is 3.71. The number of aromatic nitrogens is 5. The van der Waals surface area contributed by atoms with E-state index in [9.17, 15) is 9.59 Å². The molecule has 11 nitrogen and oxygen atoms in total. The van der Waals surface area contributed by atoms with Crippen molar-refractivity contribution in [1.82, 2.24) is 29.2 Å². The number of carbonyl (C=O) groups is 1. The van der Waals surface area contributed by atoms with Gasteiger partial charge in [0, 0.05) is 44.3 Å². The lowest BCUT2D eigenvalue weighted by Crippen LogP contribution is -2.39. The largest absolute Gasteiger partial charge is 0.444 e. The van der Waals surface area contributed by atoms with E-state index in [1.807, 2.05) is 77.4 Å². The molecule has 0 bridgehead atoms. The minimum absolute atomic E-state index is 0.129. The van der Waals surface area contributed by atoms with Gasteiger partial charge in [0.1, 0.15) is 16.6 Å². The predicted octanol–water partition coefficient (Wildman–Crippen LogP) is 5.48. The highest BCUT2D eigenvalue weighted by molar-refractivity contribution is 5.77. The maximum Gasteiger partial charge on any atom is 0.410 e. The standard InChI is InChI=1S/C31H39N7O4/c1-19(2)37-27(39)24-17-33-28(35-26(24)38(37)23-11-13-32-25(16-23)31(6,7)41-8)34-22-10-9-21-18-36(14-12-20(21)15-22)29(40)42-30(3,4)5/h9-11,13,15-17,19H,12,14,18H2,1-8H3,(H,33,34,35). The van der Waals surface area contributed by atoms with Gasteiger partial charge in [-0.05, 0) is 90.3 Å². The van der Waals surface area contributed by atoms with Crippen molar-refractivity contribution in [3.8, 4) is 5.69 Å². The van der Waals surface area contributed by atoms with Gasteiger partial charge >= 0.3 is 6.09 Å². The molecular formula is C31H39N7O4. The van der Waals surface area contributed by atoms with Crippen molar-refractivity contribution in [1.29, 1.82) is 0 Å². The molecule has 1 N–H and O–H groups in total. The lowest BCUT2D eigenvalue weighted by Gasteiger charge is -2.31. The molecule has 1 aliphatic rings. The Balaban J connectivity index is 1.47. The molecule has 0 unspecified atom stereocenters. The summed E-state index contributed by atoms with van der Waals surface area (Å²) < 4.78 is 14.7. The van der Waals surface area contributed by atoms with Gasteiger partial charge in [0.15, 0.2) is 5.65 Å². The van der Waals surface area contributed by atoms with Crippen molar-refractivity contribution in [2.75, 3.05) is 19.0 Å². The number of methoxy groups -OCH3 is 1. The molecule has 4 heterocycles. The molecule has 0 spiro atoms. The van der Waals surface area contributed by atoms with Gasteiger partial charge in [-0.15, -0.1) is 0 Å². The molecule has 4 aromatic rings. The number of amides is 1. The SMILES string of the molecule is COC(C)(C)c1cc(-n2c3nc(Nc4ccc5c(c4)CCN(C(=O)OC(C)(C)C)C5)ncc3c(=O)n2C(C)C)ccn1. The predicted molar refractivity (Wildman–Crippen MR) is 161 cm³/mol. The molecule has 222 valence electrons. The molecule has 42 heavy (non-hydrogen) atoms. The van der Waals surface area contributed by atoms with Crippen LogP contribution < -0.4 is 10.9 Å². The van der Waals surface area contributed by atoms with Crippen molar-refractivity contribution < 1.29 is 14.3 Å². The first-order valence-electron chi connectivity index (χ1n) is 14.2. The minimum atomic E-state index is -0.611. The molecule has 3 aromatic heterocycles. The van der Waals surface area contributed by atoms with Crippen LogP contribution >= 0.6 is 0 Å². The van der Waals surface area contributed by atoms with E-state index in [-0.39, 0.29) is 17.7 Å². The van der Waals surface area contributed by atoms with E-state index in [1.165, 1.54) is 0 Å². The van der Waals surface area contributed by atoms with Crippen molar-refractivity contribution in [2.45, 2.75) is 78.7 Å². The summed E-state index contributed by atoms with van der Waals surface area (Å²) in [5, 5.41) is 3.73. The van der Waals surface area contributed by atoms with Crippen LogP contribution in [0.1, 0.15) is 71.3 Å². The highest BCUT2D eigenvalue weighted by Gasteiger charge is 2.27. The Hall–Kier alpha value is -4.25. The van der Waals surface area contributed by atoms with Crippen LogP contribution in [0.5, 0.6) is 0 Å². The Labute approximate surface area is 245 Å². The zero-order chi connectivity index (χ0) is 30.4. The van der Waals surface area contributed by atoms with E-state index in [2.05, 4.69) is 21.4 Å². The van der Waals surface area contributed by atoms with Crippen LogP contribution in [0.15, 0.2) is 47.5 Å². The van der Waals surface area contributed by atoms with Gasteiger partial charge in [-0.2, -0.15) is 4.98 Å². The molecule has 0 atom stereocenters. The summed E-state index contributed by atoms with van der Waals surface area (Å²) >= 11 is 0. The highest BCUT2D eigenvalue weighted by Crippen LogP contribution is 2.28. The van der Waals surface area contributed by atoms with Gasteiger partial charge in [-0.25, -0.2) is 19.1 Å². The van der Waals surface area contributed by atoms with Gasteiger partial charge in [-0.3, -0.25) is 9.78 Å². The Morgan fingerprint density at radius 1 is 1.05 bits per heavy atom. The van der Waals surface area contributed by atoms with Crippen LogP contribution in [-0.2, 0) is 28.0 Å². The molecule has 0 fully saturated rings. The number of ether oxygens (including phenoxy) is 2. The molecule has 0 saturated carbocycles. The van der Waals surface area contributed by atoms with Crippen molar-refractivity contribution >= 4 is 28.8 Å². The van der Waals surface area contributed by atoms with Crippen molar-refractivity contribution in [3.05, 3.63) is 69.9 Å². The first-order valence-corrected chi connectivity index (χ1v) is 14.2. The fourth-order valence-corrected chi connectivity index (χ4v) is 5.00. The maximum atomic E-state index is 13.4. The highest BCUT2D eigenvalue weighted by atomic mass is 16.6. The maximum absolute atomic E-state index is 13.4. The third kappa shape index (κ3) is 5.74. The fourth-order valence-electron chi connectivity index (χ4n) is 5.00. The zero-order valence-electron chi connectivity index (χ0n) is 25.6.